The maximum atomic E-state index is 13.0. The summed E-state index contributed by atoms with van der Waals surface area (Å²) in [5, 5.41) is 2.86. The zero-order valence-corrected chi connectivity index (χ0v) is 21.0. The van der Waals surface area contributed by atoms with Crippen LogP contribution in [0.5, 0.6) is 0 Å². The molecule has 0 radical (unpaired) electrons. The molecular weight excluding hydrogens is 454 g/mol. The first-order chi connectivity index (χ1) is 16.0. The molecule has 1 N–H and O–H groups in total. The third-order valence-corrected chi connectivity index (χ3v) is 7.83. The van der Waals surface area contributed by atoms with Crippen LogP contribution in [0, 0.1) is 0 Å². The smallest absolute Gasteiger partial charge is 0.337 e. The van der Waals surface area contributed by atoms with Crippen LogP contribution in [-0.4, -0.2) is 69.3 Å². The van der Waals surface area contributed by atoms with E-state index in [4.69, 9.17) is 0 Å². The number of hydrogen-bond acceptors (Lipinski definition) is 6. The van der Waals surface area contributed by atoms with Gasteiger partial charge in [0, 0.05) is 32.7 Å². The molecule has 0 bridgehead atoms. The van der Waals surface area contributed by atoms with Crippen molar-refractivity contribution in [2.45, 2.75) is 37.6 Å². The lowest BCUT2D eigenvalue weighted by atomic mass is 9.87. The molecule has 0 saturated carbocycles. The topological polar surface area (TPSA) is 96.0 Å². The summed E-state index contributed by atoms with van der Waals surface area (Å²) in [5.41, 5.74) is 2.37. The summed E-state index contributed by atoms with van der Waals surface area (Å²) >= 11 is 0. The predicted molar refractivity (Wildman–Crippen MR) is 130 cm³/mol. The Bertz CT molecular complexity index is 1100. The summed E-state index contributed by atoms with van der Waals surface area (Å²) in [6, 6.07) is 13.9. The molecule has 0 atom stereocenters. The molecule has 1 heterocycles. The SMILES string of the molecule is COC(=O)c1ccc(CNC(=O)CN2CCN(S(=O)(=O)c3ccc(C(C)(C)C)cc3)CC2)cc1. The number of benzene rings is 2. The first-order valence-corrected chi connectivity index (χ1v) is 12.7. The fraction of sp³-hybridized carbons (Fsp3) is 0.440. The third kappa shape index (κ3) is 6.43. The van der Waals surface area contributed by atoms with Gasteiger partial charge in [0.1, 0.15) is 0 Å². The lowest BCUT2D eigenvalue weighted by Gasteiger charge is -2.33. The van der Waals surface area contributed by atoms with Crippen molar-refractivity contribution in [1.29, 1.82) is 0 Å². The van der Waals surface area contributed by atoms with E-state index in [1.807, 2.05) is 17.0 Å². The first-order valence-electron chi connectivity index (χ1n) is 11.3. The van der Waals surface area contributed by atoms with Crippen molar-refractivity contribution in [1.82, 2.24) is 14.5 Å². The molecule has 184 valence electrons. The minimum Gasteiger partial charge on any atom is -0.465 e. The van der Waals surface area contributed by atoms with Gasteiger partial charge in [-0.05, 0) is 40.8 Å². The number of carbonyl (C=O) groups excluding carboxylic acids is 2. The van der Waals surface area contributed by atoms with Gasteiger partial charge in [0.25, 0.3) is 0 Å². The van der Waals surface area contributed by atoms with Crippen molar-refractivity contribution in [3.63, 3.8) is 0 Å². The number of nitrogens with zero attached hydrogens (tertiary/aromatic N) is 2. The standard InChI is InChI=1S/C25H33N3O5S/c1-25(2,3)21-9-11-22(12-10-21)34(31,32)28-15-13-27(14-16-28)18-23(29)26-17-19-5-7-20(8-6-19)24(30)33-4/h5-12H,13-18H2,1-4H3,(H,26,29). The van der Waals surface area contributed by atoms with Gasteiger partial charge in [-0.25, -0.2) is 13.2 Å². The minimum atomic E-state index is -3.56. The van der Waals surface area contributed by atoms with Crippen molar-refractivity contribution in [3.8, 4) is 0 Å². The molecule has 1 fully saturated rings. The number of hydrogen-bond donors (Lipinski definition) is 1. The number of esters is 1. The van der Waals surface area contributed by atoms with E-state index >= 15 is 0 Å². The summed E-state index contributed by atoms with van der Waals surface area (Å²) in [6.45, 7) is 8.47. The van der Waals surface area contributed by atoms with Crippen LogP contribution in [0.3, 0.4) is 0 Å². The van der Waals surface area contributed by atoms with E-state index in [0.717, 1.165) is 11.1 Å². The Kier molecular flexibility index (Phi) is 8.12. The molecule has 0 aromatic heterocycles. The van der Waals surface area contributed by atoms with Gasteiger partial charge in [-0.2, -0.15) is 4.31 Å². The average molecular weight is 488 g/mol. The molecule has 8 nitrogen and oxygen atoms in total. The van der Waals surface area contributed by atoms with E-state index in [-0.39, 0.29) is 17.9 Å². The summed E-state index contributed by atoms with van der Waals surface area (Å²) in [5.74, 6) is -0.537. The molecule has 34 heavy (non-hydrogen) atoms. The van der Waals surface area contributed by atoms with Crippen molar-refractivity contribution in [2.75, 3.05) is 39.8 Å². The molecule has 3 rings (SSSR count). The first kappa shape index (κ1) is 25.9. The molecule has 2 aromatic carbocycles. The van der Waals surface area contributed by atoms with Gasteiger partial charge in [0.2, 0.25) is 15.9 Å². The predicted octanol–water partition coefficient (Wildman–Crippen LogP) is 2.39. The summed E-state index contributed by atoms with van der Waals surface area (Å²) in [7, 11) is -2.23. The van der Waals surface area contributed by atoms with Gasteiger partial charge in [-0.3, -0.25) is 9.69 Å². The Morgan fingerprint density at radius 3 is 2.06 bits per heavy atom. The van der Waals surface area contributed by atoms with Crippen LogP contribution < -0.4 is 5.32 Å². The quantitative estimate of drug-likeness (QED) is 0.603. The van der Waals surface area contributed by atoms with Gasteiger partial charge < -0.3 is 10.1 Å². The molecule has 9 heteroatoms. The van der Waals surface area contributed by atoms with Crippen LogP contribution in [0.25, 0.3) is 0 Å². The van der Waals surface area contributed by atoms with Gasteiger partial charge in [0.05, 0.1) is 24.1 Å². The van der Waals surface area contributed by atoms with Gasteiger partial charge in [-0.15, -0.1) is 0 Å². The minimum absolute atomic E-state index is 0.0407. The van der Waals surface area contributed by atoms with E-state index < -0.39 is 16.0 Å². The van der Waals surface area contributed by atoms with Crippen molar-refractivity contribution in [3.05, 3.63) is 65.2 Å². The second kappa shape index (κ2) is 10.7. The fourth-order valence-electron chi connectivity index (χ4n) is 3.74. The van der Waals surface area contributed by atoms with Gasteiger partial charge >= 0.3 is 5.97 Å². The number of carbonyl (C=O) groups is 2. The molecule has 0 unspecified atom stereocenters. The number of ether oxygens (including phenoxy) is 1. The lowest BCUT2D eigenvalue weighted by molar-refractivity contribution is -0.122. The highest BCUT2D eigenvalue weighted by Crippen LogP contribution is 2.25. The number of sulfonamides is 1. The van der Waals surface area contributed by atoms with Crippen LogP contribution in [-0.2, 0) is 31.5 Å². The Labute approximate surface area is 201 Å². The Balaban J connectivity index is 1.47. The number of rotatable bonds is 7. The van der Waals surface area contributed by atoms with E-state index in [2.05, 4.69) is 30.8 Å². The third-order valence-electron chi connectivity index (χ3n) is 5.92. The van der Waals surface area contributed by atoms with E-state index in [9.17, 15) is 18.0 Å². The Hall–Kier alpha value is -2.75. The molecule has 1 saturated heterocycles. The summed E-state index contributed by atoms with van der Waals surface area (Å²) in [4.78, 5) is 26.1. The van der Waals surface area contributed by atoms with Crippen molar-refractivity contribution in [2.24, 2.45) is 0 Å². The molecule has 0 aliphatic carbocycles. The van der Waals surface area contributed by atoms with Crippen LogP contribution in [0.15, 0.2) is 53.4 Å². The highest BCUT2D eigenvalue weighted by Gasteiger charge is 2.29. The van der Waals surface area contributed by atoms with E-state index in [0.29, 0.717) is 43.2 Å². The maximum Gasteiger partial charge on any atom is 0.337 e. The zero-order chi connectivity index (χ0) is 24.9. The fourth-order valence-corrected chi connectivity index (χ4v) is 5.16. The van der Waals surface area contributed by atoms with Crippen molar-refractivity contribution < 1.29 is 22.7 Å². The van der Waals surface area contributed by atoms with Gasteiger partial charge in [0.15, 0.2) is 0 Å². The number of piperazine rings is 1. The van der Waals surface area contributed by atoms with Gasteiger partial charge in [-0.1, -0.05) is 45.0 Å². The lowest BCUT2D eigenvalue weighted by Crippen LogP contribution is -2.50. The molecular formula is C25H33N3O5S. The maximum absolute atomic E-state index is 13.0. The highest BCUT2D eigenvalue weighted by atomic mass is 32.2. The van der Waals surface area contributed by atoms with E-state index in [1.54, 1.807) is 36.4 Å². The number of nitrogens with one attached hydrogen (secondary N) is 1. The van der Waals surface area contributed by atoms with Crippen LogP contribution in [0.2, 0.25) is 0 Å². The molecule has 1 aliphatic heterocycles. The summed E-state index contributed by atoms with van der Waals surface area (Å²) < 4.78 is 32.2. The largest absolute Gasteiger partial charge is 0.465 e. The second-order valence-electron chi connectivity index (χ2n) is 9.42. The average Bonchev–Trinajstić information content (AvgIpc) is 2.82. The van der Waals surface area contributed by atoms with Crippen LogP contribution in [0.1, 0.15) is 42.3 Å². The monoisotopic (exact) mass is 487 g/mol. The van der Waals surface area contributed by atoms with Crippen LogP contribution in [0.4, 0.5) is 0 Å². The highest BCUT2D eigenvalue weighted by molar-refractivity contribution is 7.89. The summed E-state index contributed by atoms with van der Waals surface area (Å²) in [6.07, 6.45) is 0. The number of amides is 1. The second-order valence-corrected chi connectivity index (χ2v) is 11.4. The Morgan fingerprint density at radius 1 is 0.941 bits per heavy atom. The van der Waals surface area contributed by atoms with Crippen molar-refractivity contribution >= 4 is 21.9 Å². The normalized spacial score (nSPS) is 15.6. The molecule has 0 spiro atoms. The van der Waals surface area contributed by atoms with E-state index in [1.165, 1.54) is 11.4 Å². The van der Waals surface area contributed by atoms with Crippen LogP contribution >= 0.6 is 0 Å². The Morgan fingerprint density at radius 2 is 1.53 bits per heavy atom. The number of methoxy groups -OCH3 is 1. The molecule has 1 amide bonds. The molecule has 1 aliphatic rings. The zero-order valence-electron chi connectivity index (χ0n) is 20.2. The molecule has 2 aromatic rings.